The Morgan fingerprint density at radius 1 is 1.00 bits per heavy atom. The molecule has 1 saturated carbocycles. The van der Waals surface area contributed by atoms with Gasteiger partial charge in [-0.15, -0.1) is 0 Å². The van der Waals surface area contributed by atoms with Crippen molar-refractivity contribution in [2.75, 3.05) is 51.3 Å². The number of likely N-dealkylation sites (tertiary alicyclic amines) is 1. The first kappa shape index (κ1) is 34.9. The second-order valence-corrected chi connectivity index (χ2v) is 10.0. The molecule has 0 radical (unpaired) electrons. The summed E-state index contributed by atoms with van der Waals surface area (Å²) in [6.45, 7) is 3.54. The normalized spacial score (nSPS) is 25.8. The molecule has 1 N–H and O–H groups in total. The average molecular weight is 609 g/mol. The van der Waals surface area contributed by atoms with Crippen molar-refractivity contribution in [2.45, 2.75) is 50.0 Å². The fourth-order valence-corrected chi connectivity index (χ4v) is 5.79. The molecule has 2 amide bonds. The number of Topliss-reactive ketones (excluding diaryl/α,β-unsaturated/α-hetero) is 1. The number of fused-ring (bicyclic) bond motifs is 1. The highest BCUT2D eigenvalue weighted by Gasteiger charge is 2.54. The lowest BCUT2D eigenvalue weighted by Gasteiger charge is -2.34. The maximum atomic E-state index is 14.5. The summed E-state index contributed by atoms with van der Waals surface area (Å²) in [5, 5.41) is 2.94. The first-order chi connectivity index (χ1) is 16.4. The van der Waals surface area contributed by atoms with Gasteiger partial charge >= 0.3 is 0 Å². The maximum Gasteiger partial charge on any atom is 0.251 e. The third kappa shape index (κ3) is 7.14. The Morgan fingerprint density at radius 2 is 1.61 bits per heavy atom. The summed E-state index contributed by atoms with van der Waals surface area (Å²) >= 11 is 0. The number of nitrogens with zero attached hydrogens (tertiary/aromatic N) is 3. The number of piperazine rings is 1. The van der Waals surface area contributed by atoms with Crippen LogP contribution in [0, 0.1) is 5.92 Å². The number of nitrogens with one attached hydrogen (secondary N) is 1. The number of carbonyl (C=O) groups is 3. The number of ether oxygens (including phenoxy) is 1. The molecule has 0 unspecified atom stereocenters. The highest BCUT2D eigenvalue weighted by Crippen LogP contribution is 2.33. The molecule has 4 fully saturated rings. The molecule has 1 aliphatic carbocycles. The van der Waals surface area contributed by atoms with E-state index in [1.807, 2.05) is 12.1 Å². The van der Waals surface area contributed by atoms with Crippen LogP contribution in [0.5, 0.6) is 0 Å². The van der Waals surface area contributed by atoms with E-state index in [0.717, 1.165) is 57.5 Å². The lowest BCUT2D eigenvalue weighted by Crippen LogP contribution is -2.54. The number of halogens is 1. The van der Waals surface area contributed by atoms with Gasteiger partial charge in [-0.2, -0.15) is 54.0 Å². The largest absolute Gasteiger partial charge is 0.369 e. The molecule has 216 valence electrons. The van der Waals surface area contributed by atoms with Crippen molar-refractivity contribution in [1.29, 1.82) is 0 Å². The van der Waals surface area contributed by atoms with E-state index in [0.29, 0.717) is 5.56 Å². The Morgan fingerprint density at radius 3 is 2.21 bits per heavy atom. The van der Waals surface area contributed by atoms with Gasteiger partial charge in [-0.05, 0) is 50.1 Å². The number of ketones is 1. The van der Waals surface area contributed by atoms with Crippen molar-refractivity contribution in [3.8, 4) is 0 Å². The smallest absolute Gasteiger partial charge is 0.251 e. The topological polar surface area (TPSA) is 82.2 Å². The first-order valence-electron chi connectivity index (χ1n) is 12.4. The van der Waals surface area contributed by atoms with Crippen molar-refractivity contribution in [3.05, 3.63) is 29.8 Å². The molecule has 0 aromatic heterocycles. The van der Waals surface area contributed by atoms with E-state index < -0.39 is 24.4 Å². The summed E-state index contributed by atoms with van der Waals surface area (Å²) in [7, 11) is 2.11. The Kier molecular flexibility index (Phi) is 13.8. The van der Waals surface area contributed by atoms with Crippen LogP contribution in [0.4, 0.5) is 10.1 Å². The van der Waals surface area contributed by atoms with Crippen LogP contribution in [-0.4, -0.2) is 98.1 Å². The Balaban J connectivity index is 0.00000180. The molecular weight excluding hydrogens is 568 g/mol. The van der Waals surface area contributed by atoms with Gasteiger partial charge in [-0.3, -0.25) is 14.4 Å². The number of likely N-dealkylation sites (N-methyl/N-ethyl adjacent to an activating group) is 1. The average Bonchev–Trinajstić information content (AvgIpc) is 3.58. The van der Waals surface area contributed by atoms with Crippen molar-refractivity contribution in [1.82, 2.24) is 15.1 Å². The second kappa shape index (κ2) is 15.0. The van der Waals surface area contributed by atoms with Crippen molar-refractivity contribution < 1.29 is 23.5 Å². The van der Waals surface area contributed by atoms with Crippen LogP contribution in [0.15, 0.2) is 24.3 Å². The standard InChI is InChI=1S/C25H33FN4O4.4H2S/c1-28-10-12-29(13-11-28)18-8-6-17(7-9-18)24(32)27-21(16-4-2-3-5-16)25(33)30-14-19(26)23-22(30)20(31)15-34-23;;;;/h6-9,16,19,21-23H,2-5,10-15H2,1H3,(H,27,32);4*1H2/t19-,21-,22+,23+;;;;/m0..../s1. The van der Waals surface area contributed by atoms with Crippen molar-refractivity contribution >= 4 is 77.3 Å². The van der Waals surface area contributed by atoms with Gasteiger partial charge in [0.25, 0.3) is 5.91 Å². The summed E-state index contributed by atoms with van der Waals surface area (Å²) in [4.78, 5) is 44.9. The van der Waals surface area contributed by atoms with Crippen LogP contribution >= 0.6 is 54.0 Å². The van der Waals surface area contributed by atoms with Gasteiger partial charge in [0.05, 0.1) is 6.54 Å². The minimum absolute atomic E-state index is 0. The highest BCUT2D eigenvalue weighted by molar-refractivity contribution is 7.59. The number of carbonyl (C=O) groups excluding carboxylic acids is 3. The molecule has 0 spiro atoms. The van der Waals surface area contributed by atoms with Gasteiger partial charge in [-0.1, -0.05) is 12.8 Å². The monoisotopic (exact) mass is 608 g/mol. The van der Waals surface area contributed by atoms with E-state index in [9.17, 15) is 18.8 Å². The van der Waals surface area contributed by atoms with Crippen LogP contribution in [0.3, 0.4) is 0 Å². The number of hydrogen-bond donors (Lipinski definition) is 1. The molecular formula is C25H41FN4O4S4. The number of hydrogen-bond acceptors (Lipinski definition) is 6. The fourth-order valence-electron chi connectivity index (χ4n) is 5.79. The maximum absolute atomic E-state index is 14.5. The van der Waals surface area contributed by atoms with E-state index in [-0.39, 0.29) is 90.6 Å². The molecule has 1 aromatic carbocycles. The molecule has 38 heavy (non-hydrogen) atoms. The van der Waals surface area contributed by atoms with Crippen LogP contribution in [0.1, 0.15) is 36.0 Å². The Bertz CT molecular complexity index is 946. The van der Waals surface area contributed by atoms with E-state index >= 15 is 0 Å². The van der Waals surface area contributed by atoms with Crippen LogP contribution < -0.4 is 10.2 Å². The SMILES string of the molecule is CN1CCN(c2ccc(C(=O)N[C@H](C(=O)N3C[C@H](F)[C@H]4OCC(=O)[C@H]43)C3CCCC3)cc2)CC1.S.S.S.S. The number of benzene rings is 1. The van der Waals surface area contributed by atoms with E-state index in [1.165, 1.54) is 4.90 Å². The van der Waals surface area contributed by atoms with Gasteiger partial charge in [0.15, 0.2) is 5.78 Å². The molecule has 1 aromatic rings. The van der Waals surface area contributed by atoms with E-state index in [4.69, 9.17) is 4.74 Å². The lowest BCUT2D eigenvalue weighted by atomic mass is 9.95. The minimum atomic E-state index is -1.39. The van der Waals surface area contributed by atoms with Gasteiger partial charge in [0, 0.05) is 37.4 Å². The second-order valence-electron chi connectivity index (χ2n) is 10.0. The molecule has 3 saturated heterocycles. The Labute approximate surface area is 252 Å². The lowest BCUT2D eigenvalue weighted by molar-refractivity contribution is -0.139. The molecule has 3 aliphatic heterocycles. The molecule has 4 aliphatic rings. The number of alkyl halides is 1. The zero-order chi connectivity index (χ0) is 23.8. The third-order valence-corrected chi connectivity index (χ3v) is 7.83. The summed E-state index contributed by atoms with van der Waals surface area (Å²) in [6, 6.07) is 5.81. The third-order valence-electron chi connectivity index (χ3n) is 7.83. The predicted octanol–water partition coefficient (Wildman–Crippen LogP) is 1.70. The minimum Gasteiger partial charge on any atom is -0.369 e. The van der Waals surface area contributed by atoms with Crippen LogP contribution in [0.2, 0.25) is 0 Å². The van der Waals surface area contributed by atoms with Crippen molar-refractivity contribution in [3.63, 3.8) is 0 Å². The molecule has 4 atom stereocenters. The highest BCUT2D eigenvalue weighted by atomic mass is 32.1. The summed E-state index contributed by atoms with van der Waals surface area (Å²) in [5.41, 5.74) is 1.56. The summed E-state index contributed by atoms with van der Waals surface area (Å²) < 4.78 is 19.8. The zero-order valence-corrected chi connectivity index (χ0v) is 25.6. The first-order valence-corrected chi connectivity index (χ1v) is 12.4. The van der Waals surface area contributed by atoms with Gasteiger partial charge in [-0.25, -0.2) is 4.39 Å². The van der Waals surface area contributed by atoms with Crippen LogP contribution in [-0.2, 0) is 14.3 Å². The molecule has 8 nitrogen and oxygen atoms in total. The summed E-state index contributed by atoms with van der Waals surface area (Å²) in [6.07, 6.45) is 1.35. The van der Waals surface area contributed by atoms with E-state index in [2.05, 4.69) is 22.2 Å². The van der Waals surface area contributed by atoms with Gasteiger partial charge < -0.3 is 24.8 Å². The molecule has 0 bridgehead atoms. The van der Waals surface area contributed by atoms with Crippen LogP contribution in [0.25, 0.3) is 0 Å². The predicted molar refractivity (Wildman–Crippen MR) is 166 cm³/mol. The fraction of sp³-hybridized carbons (Fsp3) is 0.640. The number of rotatable bonds is 5. The number of amides is 2. The molecule has 5 rings (SSSR count). The Hall–Kier alpha value is -1.12. The quantitative estimate of drug-likeness (QED) is 0.548. The molecule has 3 heterocycles. The van der Waals surface area contributed by atoms with Gasteiger partial charge in [0.2, 0.25) is 5.91 Å². The van der Waals surface area contributed by atoms with Gasteiger partial charge in [0.1, 0.15) is 31.0 Å². The van der Waals surface area contributed by atoms with E-state index in [1.54, 1.807) is 12.1 Å². The van der Waals surface area contributed by atoms with Crippen molar-refractivity contribution in [2.24, 2.45) is 5.92 Å². The molecule has 13 heteroatoms. The summed E-state index contributed by atoms with van der Waals surface area (Å²) in [5.74, 6) is -0.981. The number of anilines is 1. The zero-order valence-electron chi connectivity index (χ0n) is 21.6.